The molecular formula is C14H20N2S. The average molecular weight is 248 g/mol. The second-order valence-corrected chi connectivity index (χ2v) is 6.75. The zero-order chi connectivity index (χ0) is 12.3. The first-order valence-electron chi connectivity index (χ1n) is 6.30. The van der Waals surface area contributed by atoms with Crippen LogP contribution < -0.4 is 5.32 Å². The predicted octanol–water partition coefficient (Wildman–Crippen LogP) is 3.68. The maximum absolute atomic E-state index is 8.77. The largest absolute Gasteiger partial charge is 0.309 e. The van der Waals surface area contributed by atoms with Crippen molar-refractivity contribution in [2.75, 3.05) is 0 Å². The van der Waals surface area contributed by atoms with Gasteiger partial charge in [0.2, 0.25) is 0 Å². The lowest BCUT2D eigenvalue weighted by Crippen LogP contribution is -2.36. The standard InChI is InChI=1S/C14H20N2S/c1-14(2)5-3-4-12(7-14)16-9-13-6-11(8-15)10-17-13/h6,10,12,16H,3-5,7,9H2,1-2H3. The Bertz CT molecular complexity index is 414. The maximum atomic E-state index is 8.77. The third kappa shape index (κ3) is 3.55. The molecule has 0 aromatic carbocycles. The molecule has 1 unspecified atom stereocenters. The number of nitriles is 1. The van der Waals surface area contributed by atoms with E-state index in [0.29, 0.717) is 11.5 Å². The molecule has 1 atom stereocenters. The quantitative estimate of drug-likeness (QED) is 0.885. The molecule has 2 rings (SSSR count). The van der Waals surface area contributed by atoms with Crippen molar-refractivity contribution in [1.29, 1.82) is 5.26 Å². The molecule has 1 aliphatic carbocycles. The lowest BCUT2D eigenvalue weighted by atomic mass is 9.75. The van der Waals surface area contributed by atoms with Crippen LogP contribution in [0.25, 0.3) is 0 Å². The Kier molecular flexibility index (Phi) is 3.86. The summed E-state index contributed by atoms with van der Waals surface area (Å²) in [5.74, 6) is 0. The van der Waals surface area contributed by atoms with Crippen LogP contribution in [0.1, 0.15) is 50.0 Å². The molecule has 0 saturated heterocycles. The Balaban J connectivity index is 1.84. The summed E-state index contributed by atoms with van der Waals surface area (Å²) in [7, 11) is 0. The lowest BCUT2D eigenvalue weighted by Gasteiger charge is -2.35. The Morgan fingerprint density at radius 3 is 3.06 bits per heavy atom. The second kappa shape index (κ2) is 5.20. The summed E-state index contributed by atoms with van der Waals surface area (Å²) in [6.07, 6.45) is 5.24. The van der Waals surface area contributed by atoms with Crippen LogP contribution in [-0.2, 0) is 6.54 Å². The molecular weight excluding hydrogens is 228 g/mol. The van der Waals surface area contributed by atoms with Crippen LogP contribution >= 0.6 is 11.3 Å². The van der Waals surface area contributed by atoms with Gasteiger partial charge in [0.1, 0.15) is 6.07 Å². The number of hydrogen-bond acceptors (Lipinski definition) is 3. The van der Waals surface area contributed by atoms with Crippen LogP contribution in [-0.4, -0.2) is 6.04 Å². The molecule has 1 N–H and O–H groups in total. The molecule has 1 aromatic rings. The van der Waals surface area contributed by atoms with Crippen LogP contribution in [0.3, 0.4) is 0 Å². The van der Waals surface area contributed by atoms with Crippen LogP contribution in [0.4, 0.5) is 0 Å². The zero-order valence-electron chi connectivity index (χ0n) is 10.6. The van der Waals surface area contributed by atoms with E-state index < -0.39 is 0 Å². The molecule has 1 fully saturated rings. The van der Waals surface area contributed by atoms with E-state index in [9.17, 15) is 0 Å². The van der Waals surface area contributed by atoms with E-state index in [1.807, 2.05) is 11.4 Å². The third-order valence-electron chi connectivity index (χ3n) is 3.55. The lowest BCUT2D eigenvalue weighted by molar-refractivity contribution is 0.198. The fraction of sp³-hybridized carbons (Fsp3) is 0.643. The zero-order valence-corrected chi connectivity index (χ0v) is 11.4. The van der Waals surface area contributed by atoms with Crippen molar-refractivity contribution in [3.8, 4) is 6.07 Å². The van der Waals surface area contributed by atoms with Crippen molar-refractivity contribution in [2.24, 2.45) is 5.41 Å². The van der Waals surface area contributed by atoms with Gasteiger partial charge in [-0.25, -0.2) is 0 Å². The Hall–Kier alpha value is -0.850. The number of nitrogens with one attached hydrogen (secondary N) is 1. The number of hydrogen-bond donors (Lipinski definition) is 1. The molecule has 1 aromatic heterocycles. The van der Waals surface area contributed by atoms with Gasteiger partial charge in [0, 0.05) is 22.8 Å². The van der Waals surface area contributed by atoms with E-state index in [-0.39, 0.29) is 0 Å². The van der Waals surface area contributed by atoms with Gasteiger partial charge < -0.3 is 5.32 Å². The Labute approximate surface area is 108 Å². The predicted molar refractivity (Wildman–Crippen MR) is 71.9 cm³/mol. The van der Waals surface area contributed by atoms with Crippen molar-refractivity contribution in [3.63, 3.8) is 0 Å². The summed E-state index contributed by atoms with van der Waals surface area (Å²) in [5.41, 5.74) is 1.28. The normalized spacial score (nSPS) is 23.2. The van der Waals surface area contributed by atoms with Gasteiger partial charge >= 0.3 is 0 Å². The maximum Gasteiger partial charge on any atom is 0.100 e. The first kappa shape index (κ1) is 12.6. The number of thiophene rings is 1. The highest BCUT2D eigenvalue weighted by Crippen LogP contribution is 2.35. The van der Waals surface area contributed by atoms with E-state index in [2.05, 4.69) is 25.2 Å². The van der Waals surface area contributed by atoms with Gasteiger partial charge in [-0.05, 0) is 30.7 Å². The Morgan fingerprint density at radius 2 is 2.41 bits per heavy atom. The fourth-order valence-corrected chi connectivity index (χ4v) is 3.41. The monoisotopic (exact) mass is 248 g/mol. The van der Waals surface area contributed by atoms with E-state index in [0.717, 1.165) is 12.1 Å². The molecule has 92 valence electrons. The van der Waals surface area contributed by atoms with Gasteiger partial charge in [0.15, 0.2) is 0 Å². The van der Waals surface area contributed by atoms with E-state index >= 15 is 0 Å². The minimum atomic E-state index is 0.489. The van der Waals surface area contributed by atoms with Crippen LogP contribution in [0, 0.1) is 16.7 Å². The van der Waals surface area contributed by atoms with Crippen molar-refractivity contribution in [3.05, 3.63) is 21.9 Å². The topological polar surface area (TPSA) is 35.8 Å². The van der Waals surface area contributed by atoms with Gasteiger partial charge in [-0.3, -0.25) is 0 Å². The highest BCUT2D eigenvalue weighted by atomic mass is 32.1. The van der Waals surface area contributed by atoms with E-state index in [4.69, 9.17) is 5.26 Å². The van der Waals surface area contributed by atoms with Gasteiger partial charge in [-0.1, -0.05) is 20.3 Å². The van der Waals surface area contributed by atoms with Gasteiger partial charge in [-0.15, -0.1) is 11.3 Å². The second-order valence-electron chi connectivity index (χ2n) is 5.75. The number of nitrogens with zero attached hydrogens (tertiary/aromatic N) is 1. The summed E-state index contributed by atoms with van der Waals surface area (Å²) >= 11 is 1.68. The van der Waals surface area contributed by atoms with Crippen molar-refractivity contribution < 1.29 is 0 Å². The SMILES string of the molecule is CC1(C)CCCC(NCc2cc(C#N)cs2)C1. The smallest absolute Gasteiger partial charge is 0.100 e. The minimum Gasteiger partial charge on any atom is -0.309 e. The molecule has 17 heavy (non-hydrogen) atoms. The molecule has 1 heterocycles. The minimum absolute atomic E-state index is 0.489. The summed E-state index contributed by atoms with van der Waals surface area (Å²) < 4.78 is 0. The fourth-order valence-electron chi connectivity index (χ4n) is 2.65. The van der Waals surface area contributed by atoms with Crippen molar-refractivity contribution >= 4 is 11.3 Å². The Morgan fingerprint density at radius 1 is 1.59 bits per heavy atom. The highest BCUT2D eigenvalue weighted by molar-refractivity contribution is 7.10. The third-order valence-corrected chi connectivity index (χ3v) is 4.49. The van der Waals surface area contributed by atoms with Gasteiger partial charge in [-0.2, -0.15) is 5.26 Å². The van der Waals surface area contributed by atoms with Crippen molar-refractivity contribution in [2.45, 2.75) is 52.1 Å². The van der Waals surface area contributed by atoms with Crippen LogP contribution in [0.2, 0.25) is 0 Å². The first-order chi connectivity index (χ1) is 8.09. The average Bonchev–Trinajstić information content (AvgIpc) is 2.73. The van der Waals surface area contributed by atoms with Crippen molar-refractivity contribution in [1.82, 2.24) is 5.32 Å². The molecule has 0 radical (unpaired) electrons. The number of rotatable bonds is 3. The molecule has 0 bridgehead atoms. The van der Waals surface area contributed by atoms with E-state index in [1.54, 1.807) is 11.3 Å². The van der Waals surface area contributed by atoms with Gasteiger partial charge in [0.05, 0.1) is 5.56 Å². The molecule has 0 spiro atoms. The molecule has 1 saturated carbocycles. The van der Waals surface area contributed by atoms with Gasteiger partial charge in [0.25, 0.3) is 0 Å². The molecule has 0 amide bonds. The molecule has 2 nitrogen and oxygen atoms in total. The summed E-state index contributed by atoms with van der Waals surface area (Å²) in [6, 6.07) is 4.82. The highest BCUT2D eigenvalue weighted by Gasteiger charge is 2.27. The first-order valence-corrected chi connectivity index (χ1v) is 7.18. The summed E-state index contributed by atoms with van der Waals surface area (Å²) in [5, 5.41) is 14.3. The van der Waals surface area contributed by atoms with Crippen LogP contribution in [0.5, 0.6) is 0 Å². The molecule has 0 aliphatic heterocycles. The molecule has 3 heteroatoms. The summed E-state index contributed by atoms with van der Waals surface area (Å²) in [4.78, 5) is 1.27. The summed E-state index contributed by atoms with van der Waals surface area (Å²) in [6.45, 7) is 5.63. The molecule has 1 aliphatic rings. The van der Waals surface area contributed by atoms with E-state index in [1.165, 1.54) is 30.6 Å². The van der Waals surface area contributed by atoms with Crippen LogP contribution in [0.15, 0.2) is 11.4 Å².